The van der Waals surface area contributed by atoms with Gasteiger partial charge in [-0.05, 0) is 78.9 Å². The number of likely N-dealkylation sites (tertiary alicyclic amines) is 1. The molecule has 32 heavy (non-hydrogen) atoms. The van der Waals surface area contributed by atoms with Gasteiger partial charge in [0.2, 0.25) is 0 Å². The molecular formula is C24H27BrN2O5. The molecule has 0 saturated carbocycles. The molecule has 0 bridgehead atoms. The lowest BCUT2D eigenvalue weighted by atomic mass is 9.95. The van der Waals surface area contributed by atoms with Crippen LogP contribution < -0.4 is 9.47 Å². The van der Waals surface area contributed by atoms with Crippen molar-refractivity contribution in [3.63, 3.8) is 0 Å². The van der Waals surface area contributed by atoms with Gasteiger partial charge in [0.15, 0.2) is 0 Å². The van der Waals surface area contributed by atoms with Gasteiger partial charge < -0.3 is 24.4 Å². The van der Waals surface area contributed by atoms with Crippen LogP contribution in [0.1, 0.15) is 23.6 Å². The standard InChI is InChI=1S/C24H27BrN2O5/c1-26(2)11-6-12-27-21(15-7-5-8-17(13-15)31-3)20(23(29)24(27)30)22(28)16-9-10-19(32-4)18(25)14-16/h5,7-10,13-14,21,28H,6,11-12H2,1-4H3/b22-20-. The Bertz CT molecular complexity index is 1050. The predicted octanol–water partition coefficient (Wildman–Crippen LogP) is 3.84. The third-order valence-corrected chi connectivity index (χ3v) is 6.00. The number of hydrogen-bond acceptors (Lipinski definition) is 6. The SMILES string of the molecule is COc1cccc(C2/C(=C(/O)c3ccc(OC)c(Br)c3)C(=O)C(=O)N2CCCN(C)C)c1. The lowest BCUT2D eigenvalue weighted by Crippen LogP contribution is -2.32. The molecule has 1 fully saturated rings. The van der Waals surface area contributed by atoms with Crippen molar-refractivity contribution < 1.29 is 24.2 Å². The number of aliphatic hydroxyl groups is 1. The molecule has 1 saturated heterocycles. The quantitative estimate of drug-likeness (QED) is 0.335. The monoisotopic (exact) mass is 502 g/mol. The first-order chi connectivity index (χ1) is 15.3. The van der Waals surface area contributed by atoms with Crippen molar-refractivity contribution in [2.75, 3.05) is 41.4 Å². The van der Waals surface area contributed by atoms with Gasteiger partial charge in [0.1, 0.15) is 17.3 Å². The maximum absolute atomic E-state index is 13.1. The Morgan fingerprint density at radius 3 is 2.50 bits per heavy atom. The Labute approximate surface area is 196 Å². The summed E-state index contributed by atoms with van der Waals surface area (Å²) in [5.41, 5.74) is 1.17. The number of aliphatic hydroxyl groups excluding tert-OH is 1. The van der Waals surface area contributed by atoms with Gasteiger partial charge in [-0.2, -0.15) is 0 Å². The first-order valence-corrected chi connectivity index (χ1v) is 11.0. The van der Waals surface area contributed by atoms with Crippen LogP contribution in [0.25, 0.3) is 5.76 Å². The third-order valence-electron chi connectivity index (χ3n) is 5.38. The van der Waals surface area contributed by atoms with Gasteiger partial charge in [0.25, 0.3) is 11.7 Å². The Morgan fingerprint density at radius 2 is 1.88 bits per heavy atom. The van der Waals surface area contributed by atoms with Gasteiger partial charge >= 0.3 is 0 Å². The molecule has 8 heteroatoms. The minimum Gasteiger partial charge on any atom is -0.507 e. The van der Waals surface area contributed by atoms with Crippen LogP contribution >= 0.6 is 15.9 Å². The summed E-state index contributed by atoms with van der Waals surface area (Å²) in [6.45, 7) is 1.15. The lowest BCUT2D eigenvalue weighted by molar-refractivity contribution is -0.139. The molecule has 1 heterocycles. The number of carbonyl (C=O) groups is 2. The molecule has 3 rings (SSSR count). The average molecular weight is 503 g/mol. The zero-order chi connectivity index (χ0) is 23.4. The van der Waals surface area contributed by atoms with E-state index in [1.54, 1.807) is 50.6 Å². The van der Waals surface area contributed by atoms with E-state index in [2.05, 4.69) is 15.9 Å². The van der Waals surface area contributed by atoms with E-state index in [0.29, 0.717) is 40.1 Å². The first-order valence-electron chi connectivity index (χ1n) is 10.2. The number of benzene rings is 2. The molecule has 170 valence electrons. The number of carbonyl (C=O) groups excluding carboxylic acids is 2. The summed E-state index contributed by atoms with van der Waals surface area (Å²) in [6.07, 6.45) is 0.689. The summed E-state index contributed by atoms with van der Waals surface area (Å²) in [5.74, 6) is -0.351. The number of amides is 1. The molecule has 1 unspecified atom stereocenters. The van der Waals surface area contributed by atoms with Crippen LogP contribution in [0.2, 0.25) is 0 Å². The lowest BCUT2D eigenvalue weighted by Gasteiger charge is -2.26. The number of methoxy groups -OCH3 is 2. The van der Waals surface area contributed by atoms with Gasteiger partial charge in [-0.1, -0.05) is 12.1 Å². The Morgan fingerprint density at radius 1 is 1.12 bits per heavy atom. The van der Waals surface area contributed by atoms with Crippen LogP contribution in [0, 0.1) is 0 Å². The molecule has 2 aromatic carbocycles. The maximum atomic E-state index is 13.1. The van der Waals surface area contributed by atoms with Crippen molar-refractivity contribution in [3.05, 3.63) is 63.6 Å². The number of Topliss-reactive ketones (excluding diaryl/α,β-unsaturated/α-hetero) is 1. The van der Waals surface area contributed by atoms with Gasteiger partial charge in [0.05, 0.1) is 30.3 Å². The predicted molar refractivity (Wildman–Crippen MR) is 126 cm³/mol. The van der Waals surface area contributed by atoms with E-state index in [1.165, 1.54) is 4.90 Å². The van der Waals surface area contributed by atoms with Gasteiger partial charge in [-0.3, -0.25) is 9.59 Å². The minimum absolute atomic E-state index is 0.0603. The van der Waals surface area contributed by atoms with Crippen LogP contribution in [0.3, 0.4) is 0 Å². The summed E-state index contributed by atoms with van der Waals surface area (Å²) in [6, 6.07) is 11.5. The number of hydrogen-bond donors (Lipinski definition) is 1. The molecule has 0 spiro atoms. The first kappa shape index (κ1) is 23.8. The summed E-state index contributed by atoms with van der Waals surface area (Å²) in [7, 11) is 7.01. The van der Waals surface area contributed by atoms with E-state index in [4.69, 9.17) is 9.47 Å². The Kier molecular flexibility index (Phi) is 7.58. The fraction of sp³-hybridized carbons (Fsp3) is 0.333. The molecule has 7 nitrogen and oxygen atoms in total. The number of rotatable bonds is 8. The molecule has 1 N–H and O–H groups in total. The summed E-state index contributed by atoms with van der Waals surface area (Å²) in [5, 5.41) is 11.2. The second-order valence-electron chi connectivity index (χ2n) is 7.78. The van der Waals surface area contributed by atoms with Crippen LogP contribution in [-0.2, 0) is 9.59 Å². The second-order valence-corrected chi connectivity index (χ2v) is 8.63. The van der Waals surface area contributed by atoms with E-state index in [-0.39, 0.29) is 11.3 Å². The number of halogens is 1. The highest BCUT2D eigenvalue weighted by Gasteiger charge is 2.45. The largest absolute Gasteiger partial charge is 0.507 e. The van der Waals surface area contributed by atoms with Gasteiger partial charge in [-0.15, -0.1) is 0 Å². The topological polar surface area (TPSA) is 79.3 Å². The maximum Gasteiger partial charge on any atom is 0.295 e. The highest BCUT2D eigenvalue weighted by molar-refractivity contribution is 9.10. The molecular weight excluding hydrogens is 476 g/mol. The summed E-state index contributed by atoms with van der Waals surface area (Å²) in [4.78, 5) is 29.6. The van der Waals surface area contributed by atoms with E-state index in [1.807, 2.05) is 25.1 Å². The van der Waals surface area contributed by atoms with Crippen molar-refractivity contribution in [2.45, 2.75) is 12.5 Å². The highest BCUT2D eigenvalue weighted by atomic mass is 79.9. The summed E-state index contributed by atoms with van der Waals surface area (Å²) >= 11 is 3.41. The van der Waals surface area contributed by atoms with Crippen LogP contribution in [0.15, 0.2) is 52.5 Å². The number of nitrogens with zero attached hydrogens (tertiary/aromatic N) is 2. The zero-order valence-corrected chi connectivity index (χ0v) is 20.2. The van der Waals surface area contributed by atoms with E-state index >= 15 is 0 Å². The van der Waals surface area contributed by atoms with Crippen molar-refractivity contribution >= 4 is 33.4 Å². The molecule has 0 aromatic heterocycles. The van der Waals surface area contributed by atoms with Crippen molar-refractivity contribution in [1.82, 2.24) is 9.80 Å². The summed E-state index contributed by atoms with van der Waals surface area (Å²) < 4.78 is 11.2. The fourth-order valence-electron chi connectivity index (χ4n) is 3.80. The number of ketones is 1. The second kappa shape index (κ2) is 10.2. The Balaban J connectivity index is 2.12. The minimum atomic E-state index is -0.715. The van der Waals surface area contributed by atoms with Gasteiger partial charge in [0, 0.05) is 12.1 Å². The molecule has 1 atom stereocenters. The van der Waals surface area contributed by atoms with Crippen molar-refractivity contribution in [1.29, 1.82) is 0 Å². The normalized spacial score (nSPS) is 17.8. The van der Waals surface area contributed by atoms with Gasteiger partial charge in [-0.25, -0.2) is 0 Å². The van der Waals surface area contributed by atoms with Crippen LogP contribution in [-0.4, -0.2) is 68.0 Å². The number of ether oxygens (including phenoxy) is 2. The molecule has 1 aliphatic rings. The van der Waals surface area contributed by atoms with E-state index in [0.717, 1.165) is 6.54 Å². The molecule has 1 amide bonds. The van der Waals surface area contributed by atoms with Crippen molar-refractivity contribution in [3.8, 4) is 11.5 Å². The Hall–Kier alpha value is -2.84. The smallest absolute Gasteiger partial charge is 0.295 e. The fourth-order valence-corrected chi connectivity index (χ4v) is 4.34. The third kappa shape index (κ3) is 4.81. The van der Waals surface area contributed by atoms with E-state index < -0.39 is 17.7 Å². The zero-order valence-electron chi connectivity index (χ0n) is 18.6. The average Bonchev–Trinajstić information content (AvgIpc) is 3.03. The van der Waals surface area contributed by atoms with Crippen LogP contribution in [0.4, 0.5) is 0 Å². The van der Waals surface area contributed by atoms with E-state index in [9.17, 15) is 14.7 Å². The molecule has 1 aliphatic heterocycles. The molecule has 2 aromatic rings. The van der Waals surface area contributed by atoms with Crippen molar-refractivity contribution in [2.24, 2.45) is 0 Å². The highest BCUT2D eigenvalue weighted by Crippen LogP contribution is 2.41. The molecule has 0 radical (unpaired) electrons. The molecule has 0 aliphatic carbocycles. The van der Waals surface area contributed by atoms with Crippen LogP contribution in [0.5, 0.6) is 11.5 Å².